The van der Waals surface area contributed by atoms with Crippen molar-refractivity contribution in [1.29, 1.82) is 0 Å². The first-order chi connectivity index (χ1) is 12.4. The molecule has 0 aliphatic heterocycles. The number of methoxy groups -OCH3 is 1. The monoisotopic (exact) mass is 370 g/mol. The number of benzene rings is 1. The third kappa shape index (κ3) is 4.34. The first kappa shape index (κ1) is 18.2. The molecule has 1 aromatic heterocycles. The van der Waals surface area contributed by atoms with Crippen molar-refractivity contribution in [2.75, 3.05) is 25.6 Å². The van der Waals surface area contributed by atoms with E-state index in [4.69, 9.17) is 14.0 Å². The molecule has 0 unspecified atom stereocenters. The molecule has 26 heavy (non-hydrogen) atoms. The molecule has 1 amide bonds. The zero-order valence-corrected chi connectivity index (χ0v) is 13.9. The van der Waals surface area contributed by atoms with Crippen LogP contribution in [0.15, 0.2) is 28.8 Å². The topological polar surface area (TPSA) is 73.6 Å². The van der Waals surface area contributed by atoms with E-state index in [1.165, 1.54) is 13.2 Å². The first-order valence-corrected chi connectivity index (χ1v) is 7.99. The highest BCUT2D eigenvalue weighted by Crippen LogP contribution is 2.40. The summed E-state index contributed by atoms with van der Waals surface area (Å²) in [5.41, 5.74) is -0.991. The summed E-state index contributed by atoms with van der Waals surface area (Å²) in [5, 5.41) is 6.09. The minimum atomic E-state index is -4.54. The van der Waals surface area contributed by atoms with E-state index >= 15 is 0 Å². The zero-order valence-electron chi connectivity index (χ0n) is 13.9. The third-order valence-electron chi connectivity index (χ3n) is 3.84. The van der Waals surface area contributed by atoms with Crippen molar-refractivity contribution < 1.29 is 32.0 Å². The maximum Gasteiger partial charge on any atom is 0.416 e. The van der Waals surface area contributed by atoms with Crippen LogP contribution in [0.1, 0.15) is 40.6 Å². The van der Waals surface area contributed by atoms with Gasteiger partial charge in [-0.1, -0.05) is 5.16 Å². The molecular formula is C17H17F3N2O4. The van der Waals surface area contributed by atoms with Crippen LogP contribution in [0.25, 0.3) is 0 Å². The summed E-state index contributed by atoms with van der Waals surface area (Å²) in [4.78, 5) is 12.3. The zero-order chi connectivity index (χ0) is 18.7. The average Bonchev–Trinajstić information content (AvgIpc) is 3.32. The second-order valence-corrected chi connectivity index (χ2v) is 5.89. The van der Waals surface area contributed by atoms with Crippen LogP contribution in [-0.4, -0.2) is 31.4 Å². The normalized spacial score (nSPS) is 14.3. The molecule has 6 nitrogen and oxygen atoms in total. The van der Waals surface area contributed by atoms with E-state index in [1.807, 2.05) is 0 Å². The Morgan fingerprint density at radius 1 is 1.31 bits per heavy atom. The molecule has 9 heteroatoms. The lowest BCUT2D eigenvalue weighted by molar-refractivity contribution is -0.137. The first-order valence-electron chi connectivity index (χ1n) is 7.99. The van der Waals surface area contributed by atoms with Gasteiger partial charge >= 0.3 is 6.18 Å². The predicted molar refractivity (Wildman–Crippen MR) is 85.2 cm³/mol. The van der Waals surface area contributed by atoms with Crippen molar-refractivity contribution in [2.45, 2.75) is 24.9 Å². The predicted octanol–water partition coefficient (Wildman–Crippen LogP) is 3.85. The van der Waals surface area contributed by atoms with Gasteiger partial charge in [0.05, 0.1) is 17.9 Å². The fourth-order valence-corrected chi connectivity index (χ4v) is 2.31. The number of halogens is 3. The molecule has 1 aliphatic rings. The molecule has 1 aromatic carbocycles. The highest BCUT2D eigenvalue weighted by molar-refractivity contribution is 6.03. The number of anilines is 1. The van der Waals surface area contributed by atoms with Gasteiger partial charge in [0.2, 0.25) is 0 Å². The van der Waals surface area contributed by atoms with Crippen molar-refractivity contribution in [3.63, 3.8) is 0 Å². The standard InChI is InChI=1S/C17H17F3N2O4/c1-24-6-7-25-14-5-4-11(17(18,19)20)8-12(14)21-16(23)13-9-15(26-22-13)10-2-3-10/h4-5,8-10H,2-3,6-7H2,1H3,(H,21,23). The molecule has 1 heterocycles. The largest absolute Gasteiger partial charge is 0.489 e. The maximum atomic E-state index is 13.0. The molecule has 1 saturated carbocycles. The van der Waals surface area contributed by atoms with Gasteiger partial charge in [-0.15, -0.1) is 0 Å². The third-order valence-corrected chi connectivity index (χ3v) is 3.84. The van der Waals surface area contributed by atoms with E-state index in [2.05, 4.69) is 10.5 Å². The van der Waals surface area contributed by atoms with Crippen molar-refractivity contribution in [3.8, 4) is 5.75 Å². The Morgan fingerprint density at radius 3 is 2.73 bits per heavy atom. The van der Waals surface area contributed by atoms with Gasteiger partial charge in [-0.25, -0.2) is 0 Å². The lowest BCUT2D eigenvalue weighted by atomic mass is 10.1. The van der Waals surface area contributed by atoms with Crippen LogP contribution in [0.2, 0.25) is 0 Å². The van der Waals surface area contributed by atoms with E-state index in [1.54, 1.807) is 0 Å². The summed E-state index contributed by atoms with van der Waals surface area (Å²) in [6.07, 6.45) is -2.60. The Morgan fingerprint density at radius 2 is 2.08 bits per heavy atom. The van der Waals surface area contributed by atoms with E-state index < -0.39 is 17.6 Å². The Labute approximate surface area is 147 Å². The summed E-state index contributed by atoms with van der Waals surface area (Å²) in [5.74, 6) is 0.312. The second-order valence-electron chi connectivity index (χ2n) is 5.89. The van der Waals surface area contributed by atoms with Crippen LogP contribution in [0.5, 0.6) is 5.75 Å². The number of carbonyl (C=O) groups excluding carboxylic acids is 1. The van der Waals surface area contributed by atoms with Crippen LogP contribution >= 0.6 is 0 Å². The van der Waals surface area contributed by atoms with E-state index in [-0.39, 0.29) is 36.3 Å². The molecular weight excluding hydrogens is 353 g/mol. The van der Waals surface area contributed by atoms with E-state index in [0.717, 1.165) is 31.0 Å². The second kappa shape index (κ2) is 7.36. The number of hydrogen-bond donors (Lipinski definition) is 1. The quantitative estimate of drug-likeness (QED) is 0.750. The fraction of sp³-hybridized carbons (Fsp3) is 0.412. The van der Waals surface area contributed by atoms with Crippen LogP contribution in [0, 0.1) is 0 Å². The SMILES string of the molecule is COCCOc1ccc(C(F)(F)F)cc1NC(=O)c1cc(C2CC2)on1. The number of ether oxygens (including phenoxy) is 2. The molecule has 0 radical (unpaired) electrons. The summed E-state index contributed by atoms with van der Waals surface area (Å²) in [6, 6.07) is 4.37. The molecule has 0 spiro atoms. The summed E-state index contributed by atoms with van der Waals surface area (Å²) in [6.45, 7) is 0.378. The fourth-order valence-electron chi connectivity index (χ4n) is 2.31. The smallest absolute Gasteiger partial charge is 0.416 e. The van der Waals surface area contributed by atoms with Crippen LogP contribution < -0.4 is 10.1 Å². The van der Waals surface area contributed by atoms with Gasteiger partial charge in [0.25, 0.3) is 5.91 Å². The van der Waals surface area contributed by atoms with E-state index in [0.29, 0.717) is 5.76 Å². The Kier molecular flexibility index (Phi) is 5.17. The lowest BCUT2D eigenvalue weighted by Gasteiger charge is -2.14. The molecule has 1 N–H and O–H groups in total. The van der Waals surface area contributed by atoms with E-state index in [9.17, 15) is 18.0 Å². The summed E-state index contributed by atoms with van der Waals surface area (Å²) >= 11 is 0. The van der Waals surface area contributed by atoms with Crippen molar-refractivity contribution >= 4 is 11.6 Å². The molecule has 1 aliphatic carbocycles. The number of nitrogens with zero attached hydrogens (tertiary/aromatic N) is 1. The van der Waals surface area contributed by atoms with Crippen LogP contribution in [-0.2, 0) is 10.9 Å². The number of hydrogen-bond acceptors (Lipinski definition) is 5. The van der Waals surface area contributed by atoms with Gasteiger partial charge in [0, 0.05) is 19.1 Å². The molecule has 3 rings (SSSR count). The molecule has 0 saturated heterocycles. The van der Waals surface area contributed by atoms with Gasteiger partial charge in [0.15, 0.2) is 5.69 Å². The minimum absolute atomic E-state index is 0.00662. The van der Waals surface area contributed by atoms with Crippen molar-refractivity contribution in [3.05, 3.63) is 41.3 Å². The van der Waals surface area contributed by atoms with Crippen LogP contribution in [0.4, 0.5) is 18.9 Å². The average molecular weight is 370 g/mol. The molecule has 2 aromatic rings. The molecule has 140 valence electrons. The number of carbonyl (C=O) groups is 1. The molecule has 0 atom stereocenters. The lowest BCUT2D eigenvalue weighted by Crippen LogP contribution is -2.15. The van der Waals surface area contributed by atoms with Crippen molar-refractivity contribution in [1.82, 2.24) is 5.16 Å². The number of rotatable bonds is 7. The number of amides is 1. The Bertz CT molecular complexity index is 785. The molecule has 1 fully saturated rings. The highest BCUT2D eigenvalue weighted by atomic mass is 19.4. The minimum Gasteiger partial charge on any atom is -0.489 e. The molecule has 0 bridgehead atoms. The Hall–Kier alpha value is -2.55. The van der Waals surface area contributed by atoms with Gasteiger partial charge in [-0.05, 0) is 31.0 Å². The highest BCUT2D eigenvalue weighted by Gasteiger charge is 2.32. The number of aromatic nitrogens is 1. The Balaban J connectivity index is 1.80. The van der Waals surface area contributed by atoms with Gasteiger partial charge in [0.1, 0.15) is 18.1 Å². The van der Waals surface area contributed by atoms with Crippen molar-refractivity contribution in [2.24, 2.45) is 0 Å². The van der Waals surface area contributed by atoms with Crippen LogP contribution in [0.3, 0.4) is 0 Å². The number of alkyl halides is 3. The van der Waals surface area contributed by atoms with Gasteiger partial charge in [-0.3, -0.25) is 4.79 Å². The summed E-state index contributed by atoms with van der Waals surface area (Å²) < 4.78 is 54.2. The number of nitrogens with one attached hydrogen (secondary N) is 1. The van der Waals surface area contributed by atoms with Gasteiger partial charge in [-0.2, -0.15) is 13.2 Å². The maximum absolute atomic E-state index is 13.0. The summed E-state index contributed by atoms with van der Waals surface area (Å²) in [7, 11) is 1.47. The van der Waals surface area contributed by atoms with Gasteiger partial charge < -0.3 is 19.3 Å².